The SMILES string of the molecule is C/C(=N\O)C1(C)CC1. The molecule has 1 saturated carbocycles. The maximum absolute atomic E-state index is 8.30. The van der Waals surface area contributed by atoms with Crippen LogP contribution in [-0.4, -0.2) is 10.9 Å². The van der Waals surface area contributed by atoms with Crippen LogP contribution < -0.4 is 0 Å². The van der Waals surface area contributed by atoms with Gasteiger partial charge in [0.05, 0.1) is 5.71 Å². The number of hydrogen-bond donors (Lipinski definition) is 1. The fourth-order valence-electron chi connectivity index (χ4n) is 0.670. The van der Waals surface area contributed by atoms with Crippen molar-refractivity contribution in [3.8, 4) is 0 Å². The molecule has 1 aliphatic carbocycles. The standard InChI is InChI=1S/C6H11NO/c1-5(7-8)6(2)3-4-6/h8H,3-4H2,1-2H3/b7-5+. The average molecular weight is 113 g/mol. The van der Waals surface area contributed by atoms with Crippen LogP contribution in [0.1, 0.15) is 26.7 Å². The van der Waals surface area contributed by atoms with Crippen LogP contribution in [0, 0.1) is 5.41 Å². The lowest BCUT2D eigenvalue weighted by Gasteiger charge is -2.01. The highest BCUT2D eigenvalue weighted by atomic mass is 16.4. The van der Waals surface area contributed by atoms with E-state index < -0.39 is 0 Å². The second kappa shape index (κ2) is 1.47. The molecule has 2 nitrogen and oxygen atoms in total. The summed E-state index contributed by atoms with van der Waals surface area (Å²) in [4.78, 5) is 0. The molecule has 0 unspecified atom stereocenters. The Labute approximate surface area is 49.2 Å². The maximum atomic E-state index is 8.30. The Morgan fingerprint density at radius 3 is 2.25 bits per heavy atom. The van der Waals surface area contributed by atoms with Crippen LogP contribution in [0.3, 0.4) is 0 Å². The van der Waals surface area contributed by atoms with Crippen molar-refractivity contribution in [2.75, 3.05) is 0 Å². The first-order valence-electron chi connectivity index (χ1n) is 2.88. The summed E-state index contributed by atoms with van der Waals surface area (Å²) in [5, 5.41) is 11.4. The van der Waals surface area contributed by atoms with Crippen molar-refractivity contribution < 1.29 is 5.21 Å². The van der Waals surface area contributed by atoms with Crippen molar-refractivity contribution in [3.05, 3.63) is 0 Å². The Morgan fingerprint density at radius 1 is 1.62 bits per heavy atom. The lowest BCUT2D eigenvalue weighted by molar-refractivity contribution is 0.314. The highest BCUT2D eigenvalue weighted by molar-refractivity contribution is 5.89. The number of oxime groups is 1. The molecule has 0 radical (unpaired) electrons. The zero-order valence-corrected chi connectivity index (χ0v) is 5.31. The molecule has 1 N–H and O–H groups in total. The molecule has 0 aliphatic heterocycles. The minimum absolute atomic E-state index is 0.259. The van der Waals surface area contributed by atoms with Gasteiger partial charge in [-0.3, -0.25) is 0 Å². The van der Waals surface area contributed by atoms with E-state index >= 15 is 0 Å². The quantitative estimate of drug-likeness (QED) is 0.313. The first-order valence-corrected chi connectivity index (χ1v) is 2.88. The smallest absolute Gasteiger partial charge is 0.0598 e. The summed E-state index contributed by atoms with van der Waals surface area (Å²) >= 11 is 0. The van der Waals surface area contributed by atoms with Gasteiger partial charge in [-0.05, 0) is 19.8 Å². The minimum Gasteiger partial charge on any atom is -0.411 e. The number of hydrogen-bond acceptors (Lipinski definition) is 2. The van der Waals surface area contributed by atoms with E-state index in [1.807, 2.05) is 6.92 Å². The van der Waals surface area contributed by atoms with Gasteiger partial charge in [0.1, 0.15) is 0 Å². The second-order valence-electron chi connectivity index (χ2n) is 2.75. The van der Waals surface area contributed by atoms with E-state index in [4.69, 9.17) is 5.21 Å². The van der Waals surface area contributed by atoms with E-state index in [-0.39, 0.29) is 5.41 Å². The van der Waals surface area contributed by atoms with Crippen LogP contribution in [0.5, 0.6) is 0 Å². The summed E-state index contributed by atoms with van der Waals surface area (Å²) in [7, 11) is 0. The number of nitrogens with zero attached hydrogens (tertiary/aromatic N) is 1. The molecule has 46 valence electrons. The molecule has 8 heavy (non-hydrogen) atoms. The Hall–Kier alpha value is -0.530. The Kier molecular flexibility index (Phi) is 1.03. The van der Waals surface area contributed by atoms with Gasteiger partial charge in [0.15, 0.2) is 0 Å². The molecule has 0 spiro atoms. The van der Waals surface area contributed by atoms with E-state index in [2.05, 4.69) is 12.1 Å². The van der Waals surface area contributed by atoms with Crippen molar-refractivity contribution in [1.29, 1.82) is 0 Å². The normalized spacial score (nSPS) is 25.5. The Balaban J connectivity index is 2.59. The van der Waals surface area contributed by atoms with E-state index in [0.717, 1.165) is 5.71 Å². The third-order valence-electron chi connectivity index (χ3n) is 2.02. The summed E-state index contributed by atoms with van der Waals surface area (Å²) in [6, 6.07) is 0. The third kappa shape index (κ3) is 0.703. The number of rotatable bonds is 1. The van der Waals surface area contributed by atoms with Gasteiger partial charge in [-0.15, -0.1) is 0 Å². The molecule has 2 heteroatoms. The van der Waals surface area contributed by atoms with Gasteiger partial charge in [0, 0.05) is 5.41 Å². The van der Waals surface area contributed by atoms with Crippen LogP contribution >= 0.6 is 0 Å². The summed E-state index contributed by atoms with van der Waals surface area (Å²) in [6.45, 7) is 3.98. The Bertz CT molecular complexity index is 124. The Morgan fingerprint density at radius 2 is 2.12 bits per heavy atom. The second-order valence-corrected chi connectivity index (χ2v) is 2.75. The van der Waals surface area contributed by atoms with Crippen molar-refractivity contribution in [1.82, 2.24) is 0 Å². The van der Waals surface area contributed by atoms with Crippen LogP contribution in [0.4, 0.5) is 0 Å². The van der Waals surface area contributed by atoms with Gasteiger partial charge in [0.25, 0.3) is 0 Å². The average Bonchev–Trinajstić information content (AvgIpc) is 2.47. The zero-order chi connectivity index (χ0) is 6.20. The summed E-state index contributed by atoms with van der Waals surface area (Å²) in [6.07, 6.45) is 2.37. The van der Waals surface area contributed by atoms with Crippen molar-refractivity contribution in [3.63, 3.8) is 0 Å². The van der Waals surface area contributed by atoms with Crippen LogP contribution in [0.15, 0.2) is 5.16 Å². The molecular formula is C6H11NO. The molecule has 0 saturated heterocycles. The van der Waals surface area contributed by atoms with Gasteiger partial charge in [-0.25, -0.2) is 0 Å². The maximum Gasteiger partial charge on any atom is 0.0598 e. The molecule has 0 amide bonds. The first kappa shape index (κ1) is 5.60. The van der Waals surface area contributed by atoms with Gasteiger partial charge in [0.2, 0.25) is 0 Å². The molecule has 1 fully saturated rings. The minimum atomic E-state index is 0.259. The van der Waals surface area contributed by atoms with Gasteiger partial charge in [-0.1, -0.05) is 12.1 Å². The van der Waals surface area contributed by atoms with Crippen LogP contribution in [0.25, 0.3) is 0 Å². The molecule has 0 bridgehead atoms. The molecule has 0 aromatic carbocycles. The highest BCUT2D eigenvalue weighted by Crippen LogP contribution is 2.46. The first-order chi connectivity index (χ1) is 3.69. The predicted octanol–water partition coefficient (Wildman–Crippen LogP) is 1.64. The summed E-state index contributed by atoms with van der Waals surface area (Å²) in [5.41, 5.74) is 1.13. The molecule has 0 heterocycles. The molecule has 0 atom stereocenters. The largest absolute Gasteiger partial charge is 0.411 e. The lowest BCUT2D eigenvalue weighted by Crippen LogP contribution is -2.05. The van der Waals surface area contributed by atoms with Crippen LogP contribution in [-0.2, 0) is 0 Å². The van der Waals surface area contributed by atoms with E-state index in [1.54, 1.807) is 0 Å². The fraction of sp³-hybridized carbons (Fsp3) is 0.833. The summed E-state index contributed by atoms with van der Waals surface area (Å²) in [5.74, 6) is 0. The van der Waals surface area contributed by atoms with Crippen LogP contribution in [0.2, 0.25) is 0 Å². The molecule has 0 aromatic heterocycles. The zero-order valence-electron chi connectivity index (χ0n) is 5.31. The monoisotopic (exact) mass is 113 g/mol. The van der Waals surface area contributed by atoms with Crippen molar-refractivity contribution in [2.45, 2.75) is 26.7 Å². The van der Waals surface area contributed by atoms with Crippen molar-refractivity contribution in [2.24, 2.45) is 10.6 Å². The third-order valence-corrected chi connectivity index (χ3v) is 2.02. The molecule has 1 aliphatic rings. The predicted molar refractivity (Wildman–Crippen MR) is 32.2 cm³/mol. The van der Waals surface area contributed by atoms with Crippen molar-refractivity contribution >= 4 is 5.71 Å². The van der Waals surface area contributed by atoms with E-state index in [0.29, 0.717) is 0 Å². The topological polar surface area (TPSA) is 32.6 Å². The lowest BCUT2D eigenvalue weighted by atomic mass is 10.1. The summed E-state index contributed by atoms with van der Waals surface area (Å²) < 4.78 is 0. The fourth-order valence-corrected chi connectivity index (χ4v) is 0.670. The molecular weight excluding hydrogens is 102 g/mol. The van der Waals surface area contributed by atoms with E-state index in [1.165, 1.54) is 12.8 Å². The molecule has 1 rings (SSSR count). The van der Waals surface area contributed by atoms with E-state index in [9.17, 15) is 0 Å². The van der Waals surface area contributed by atoms with Gasteiger partial charge >= 0.3 is 0 Å². The van der Waals surface area contributed by atoms with Gasteiger partial charge in [-0.2, -0.15) is 0 Å². The van der Waals surface area contributed by atoms with Gasteiger partial charge < -0.3 is 5.21 Å². The molecule has 0 aromatic rings. The highest BCUT2D eigenvalue weighted by Gasteiger charge is 2.40.